The van der Waals surface area contributed by atoms with Crippen molar-refractivity contribution in [1.82, 2.24) is 14.7 Å². The van der Waals surface area contributed by atoms with Crippen molar-refractivity contribution < 1.29 is 8.83 Å². The van der Waals surface area contributed by atoms with Gasteiger partial charge < -0.3 is 8.83 Å². The molecule has 1 aliphatic heterocycles. The molecule has 0 aliphatic carbocycles. The minimum Gasteiger partial charge on any atom is -0.459 e. The summed E-state index contributed by atoms with van der Waals surface area (Å²) in [5, 5.41) is 8.84. The second kappa shape index (κ2) is 6.62. The standard InChI is InChI=1S/C18H15N3O2S3/c24-18-21(19-17(23-18)13-3-1-8-22-13)11-20-7-5-14-12(6-10-26-14)16(20)15-4-2-9-25-15/h1-4,6,8-10,16H,5,7,11H2/t16-/m1/s1. The first-order valence-electron chi connectivity index (χ1n) is 8.25. The maximum atomic E-state index is 5.63. The van der Waals surface area contributed by atoms with E-state index >= 15 is 0 Å². The molecule has 0 fully saturated rings. The van der Waals surface area contributed by atoms with E-state index in [2.05, 4.69) is 39.0 Å². The van der Waals surface area contributed by atoms with Crippen molar-refractivity contribution in [1.29, 1.82) is 0 Å². The van der Waals surface area contributed by atoms with E-state index in [0.29, 0.717) is 23.2 Å². The van der Waals surface area contributed by atoms with Crippen LogP contribution in [0.2, 0.25) is 0 Å². The van der Waals surface area contributed by atoms with Gasteiger partial charge in [-0.05, 0) is 59.2 Å². The molecule has 0 bridgehead atoms. The molecule has 5 heterocycles. The normalized spacial score (nSPS) is 17.5. The molecule has 0 N–H and O–H groups in total. The van der Waals surface area contributed by atoms with Crippen molar-refractivity contribution in [3.05, 3.63) is 67.5 Å². The third-order valence-electron chi connectivity index (χ3n) is 4.53. The van der Waals surface area contributed by atoms with E-state index in [1.165, 1.54) is 15.3 Å². The zero-order valence-corrected chi connectivity index (χ0v) is 16.1. The van der Waals surface area contributed by atoms with E-state index in [1.807, 2.05) is 23.5 Å². The highest BCUT2D eigenvalue weighted by molar-refractivity contribution is 7.71. The highest BCUT2D eigenvalue weighted by Crippen LogP contribution is 2.39. The van der Waals surface area contributed by atoms with Gasteiger partial charge in [-0.1, -0.05) is 6.07 Å². The molecule has 5 rings (SSSR count). The van der Waals surface area contributed by atoms with E-state index in [-0.39, 0.29) is 6.04 Å². The van der Waals surface area contributed by atoms with Gasteiger partial charge >= 0.3 is 0 Å². The number of furan rings is 1. The van der Waals surface area contributed by atoms with Crippen LogP contribution in [0.25, 0.3) is 11.7 Å². The summed E-state index contributed by atoms with van der Waals surface area (Å²) in [6.07, 6.45) is 2.65. The van der Waals surface area contributed by atoms with Gasteiger partial charge in [0.25, 0.3) is 10.7 Å². The van der Waals surface area contributed by atoms with Crippen molar-refractivity contribution in [2.75, 3.05) is 6.54 Å². The summed E-state index contributed by atoms with van der Waals surface area (Å²) in [5.74, 6) is 1.00. The third-order valence-corrected chi connectivity index (χ3v) is 6.75. The topological polar surface area (TPSA) is 47.3 Å². The molecule has 1 atom stereocenters. The summed E-state index contributed by atoms with van der Waals surface area (Å²) < 4.78 is 12.7. The number of aromatic nitrogens is 2. The lowest BCUT2D eigenvalue weighted by atomic mass is 9.99. The fourth-order valence-electron chi connectivity index (χ4n) is 3.37. The maximum absolute atomic E-state index is 5.63. The number of hydrogen-bond acceptors (Lipinski definition) is 7. The molecule has 8 heteroatoms. The summed E-state index contributed by atoms with van der Waals surface area (Å²) in [6.45, 7) is 1.54. The van der Waals surface area contributed by atoms with Gasteiger partial charge in [0.15, 0.2) is 5.76 Å². The first kappa shape index (κ1) is 16.2. The van der Waals surface area contributed by atoms with Gasteiger partial charge in [0, 0.05) is 16.3 Å². The first-order valence-corrected chi connectivity index (χ1v) is 10.4. The number of rotatable bonds is 4. The molecule has 4 aromatic rings. The fraction of sp³-hybridized carbons (Fsp3) is 0.222. The number of fused-ring (bicyclic) bond motifs is 1. The van der Waals surface area contributed by atoms with Crippen LogP contribution in [0.1, 0.15) is 21.4 Å². The Bertz CT molecular complexity index is 1060. The number of nitrogens with zero attached hydrogens (tertiary/aromatic N) is 3. The lowest BCUT2D eigenvalue weighted by Gasteiger charge is -2.34. The Morgan fingerprint density at radius 3 is 2.96 bits per heavy atom. The summed E-state index contributed by atoms with van der Waals surface area (Å²) in [6, 6.07) is 10.4. The summed E-state index contributed by atoms with van der Waals surface area (Å²) in [7, 11) is 0. The van der Waals surface area contributed by atoms with Gasteiger partial charge in [-0.3, -0.25) is 4.90 Å². The van der Waals surface area contributed by atoms with E-state index in [1.54, 1.807) is 22.3 Å². The zero-order valence-electron chi connectivity index (χ0n) is 13.7. The van der Waals surface area contributed by atoms with Crippen molar-refractivity contribution in [2.24, 2.45) is 0 Å². The van der Waals surface area contributed by atoms with Gasteiger partial charge in [0.2, 0.25) is 0 Å². The van der Waals surface area contributed by atoms with Crippen molar-refractivity contribution in [2.45, 2.75) is 19.1 Å². The molecule has 4 aromatic heterocycles. The predicted octanol–water partition coefficient (Wildman–Crippen LogP) is 5.19. The summed E-state index contributed by atoms with van der Waals surface area (Å²) in [4.78, 5) is 5.58. The average Bonchev–Trinajstić information content (AvgIpc) is 3.43. The second-order valence-electron chi connectivity index (χ2n) is 6.07. The molecule has 5 nitrogen and oxygen atoms in total. The Balaban J connectivity index is 1.49. The van der Waals surface area contributed by atoms with Crippen LogP contribution in [0.15, 0.2) is 56.2 Å². The summed E-state index contributed by atoms with van der Waals surface area (Å²) >= 11 is 9.02. The Labute approximate surface area is 163 Å². The average molecular weight is 402 g/mol. The maximum Gasteiger partial charge on any atom is 0.288 e. The molecule has 0 amide bonds. The van der Waals surface area contributed by atoms with Gasteiger partial charge in [-0.15, -0.1) is 27.8 Å². The third kappa shape index (κ3) is 2.79. The summed E-state index contributed by atoms with van der Waals surface area (Å²) in [5.41, 5.74) is 1.39. The van der Waals surface area contributed by atoms with Crippen LogP contribution in [-0.4, -0.2) is 21.2 Å². The molecule has 0 saturated heterocycles. The van der Waals surface area contributed by atoms with Crippen LogP contribution in [0.5, 0.6) is 0 Å². The van der Waals surface area contributed by atoms with Crippen LogP contribution in [-0.2, 0) is 13.1 Å². The number of hydrogen-bond donors (Lipinski definition) is 0. The Kier molecular flexibility index (Phi) is 4.12. The highest BCUT2D eigenvalue weighted by atomic mass is 32.1. The van der Waals surface area contributed by atoms with Crippen LogP contribution >= 0.6 is 34.9 Å². The molecule has 26 heavy (non-hydrogen) atoms. The zero-order chi connectivity index (χ0) is 17.5. The predicted molar refractivity (Wildman–Crippen MR) is 104 cm³/mol. The van der Waals surface area contributed by atoms with Gasteiger partial charge in [0.05, 0.1) is 19.0 Å². The lowest BCUT2D eigenvalue weighted by Crippen LogP contribution is -2.36. The lowest BCUT2D eigenvalue weighted by molar-refractivity contribution is 0.157. The minimum absolute atomic E-state index is 0.232. The highest BCUT2D eigenvalue weighted by Gasteiger charge is 2.31. The molecule has 1 aliphatic rings. The molecule has 0 spiro atoms. The smallest absolute Gasteiger partial charge is 0.288 e. The monoisotopic (exact) mass is 401 g/mol. The van der Waals surface area contributed by atoms with Crippen LogP contribution in [0, 0.1) is 4.84 Å². The first-order chi connectivity index (χ1) is 12.8. The SMILES string of the molecule is S=c1oc(-c2ccco2)nn1CN1CCc2sccc2[C@@H]1c1cccs1. The quantitative estimate of drug-likeness (QED) is 0.440. The second-order valence-corrected chi connectivity index (χ2v) is 8.40. The van der Waals surface area contributed by atoms with Gasteiger partial charge in [-0.25, -0.2) is 4.68 Å². The Morgan fingerprint density at radius 2 is 2.15 bits per heavy atom. The Hall–Kier alpha value is -2.00. The molecule has 0 saturated carbocycles. The molecule has 0 radical (unpaired) electrons. The Morgan fingerprint density at radius 1 is 1.19 bits per heavy atom. The van der Waals surface area contributed by atoms with Gasteiger partial charge in [0.1, 0.15) is 0 Å². The van der Waals surface area contributed by atoms with Crippen LogP contribution < -0.4 is 0 Å². The van der Waals surface area contributed by atoms with Crippen LogP contribution in [0.3, 0.4) is 0 Å². The van der Waals surface area contributed by atoms with E-state index in [0.717, 1.165) is 13.0 Å². The fourth-order valence-corrected chi connectivity index (χ4v) is 5.33. The molecule has 0 aromatic carbocycles. The van der Waals surface area contributed by atoms with Crippen molar-refractivity contribution >= 4 is 34.9 Å². The molecular weight excluding hydrogens is 386 g/mol. The van der Waals surface area contributed by atoms with Gasteiger partial charge in [-0.2, -0.15) is 0 Å². The van der Waals surface area contributed by atoms with E-state index in [4.69, 9.17) is 21.1 Å². The van der Waals surface area contributed by atoms with Crippen LogP contribution in [0.4, 0.5) is 0 Å². The molecule has 0 unspecified atom stereocenters. The van der Waals surface area contributed by atoms with Crippen molar-refractivity contribution in [3.8, 4) is 11.7 Å². The number of thiophene rings is 2. The largest absolute Gasteiger partial charge is 0.459 e. The minimum atomic E-state index is 0.232. The van der Waals surface area contributed by atoms with E-state index in [9.17, 15) is 0 Å². The molecule has 132 valence electrons. The molecular formula is C18H15N3O2S3. The van der Waals surface area contributed by atoms with E-state index < -0.39 is 0 Å². The van der Waals surface area contributed by atoms with Crippen molar-refractivity contribution in [3.63, 3.8) is 0 Å².